The summed E-state index contributed by atoms with van der Waals surface area (Å²) in [6, 6.07) is 8.97. The SMILES string of the molecule is COC(=O)c1ccncc1-c1ccc(OCCNC(=O)C2CCC(CNC(=O)OC(C)(C)C)CC2)cc1. The van der Waals surface area contributed by atoms with Gasteiger partial charge in [0.25, 0.3) is 0 Å². The van der Waals surface area contributed by atoms with Crippen molar-refractivity contribution in [1.29, 1.82) is 0 Å². The normalized spacial score (nSPS) is 17.4. The molecule has 3 rings (SSSR count). The summed E-state index contributed by atoms with van der Waals surface area (Å²) in [4.78, 5) is 40.5. The van der Waals surface area contributed by atoms with Crippen molar-refractivity contribution < 1.29 is 28.6 Å². The third kappa shape index (κ3) is 8.77. The van der Waals surface area contributed by atoms with Gasteiger partial charge in [0.05, 0.1) is 19.2 Å². The molecular weight excluding hydrogens is 474 g/mol. The first-order chi connectivity index (χ1) is 17.7. The van der Waals surface area contributed by atoms with Crippen LogP contribution in [-0.4, -0.2) is 55.4 Å². The van der Waals surface area contributed by atoms with Crippen LogP contribution in [0.5, 0.6) is 5.75 Å². The van der Waals surface area contributed by atoms with Crippen molar-refractivity contribution >= 4 is 18.0 Å². The van der Waals surface area contributed by atoms with Crippen LogP contribution in [0.4, 0.5) is 4.79 Å². The Morgan fingerprint density at radius 1 is 1.00 bits per heavy atom. The third-order valence-electron chi connectivity index (χ3n) is 6.21. The number of ether oxygens (including phenoxy) is 3. The number of carbonyl (C=O) groups is 3. The van der Waals surface area contributed by atoms with Gasteiger partial charge in [-0.3, -0.25) is 9.78 Å². The Labute approximate surface area is 218 Å². The van der Waals surface area contributed by atoms with Crippen molar-refractivity contribution in [3.8, 4) is 16.9 Å². The lowest BCUT2D eigenvalue weighted by molar-refractivity contribution is -0.126. The minimum Gasteiger partial charge on any atom is -0.492 e. The number of methoxy groups -OCH3 is 1. The third-order valence-corrected chi connectivity index (χ3v) is 6.21. The molecule has 0 spiro atoms. The average Bonchev–Trinajstić information content (AvgIpc) is 2.89. The number of pyridine rings is 1. The fourth-order valence-corrected chi connectivity index (χ4v) is 4.30. The highest BCUT2D eigenvalue weighted by molar-refractivity contribution is 5.96. The van der Waals surface area contributed by atoms with Crippen LogP contribution in [-0.2, 0) is 14.3 Å². The van der Waals surface area contributed by atoms with Crippen molar-refractivity contribution in [3.05, 3.63) is 48.3 Å². The van der Waals surface area contributed by atoms with Gasteiger partial charge in [0.2, 0.25) is 5.91 Å². The first-order valence-electron chi connectivity index (χ1n) is 12.7. The number of nitrogens with zero attached hydrogens (tertiary/aromatic N) is 1. The molecule has 0 atom stereocenters. The minimum atomic E-state index is -0.511. The average molecular weight is 512 g/mol. The van der Waals surface area contributed by atoms with Crippen molar-refractivity contribution in [3.63, 3.8) is 0 Å². The van der Waals surface area contributed by atoms with E-state index in [-0.39, 0.29) is 11.8 Å². The molecule has 1 fully saturated rings. The molecule has 9 nitrogen and oxygen atoms in total. The van der Waals surface area contributed by atoms with E-state index in [2.05, 4.69) is 15.6 Å². The van der Waals surface area contributed by atoms with Gasteiger partial charge in [-0.05, 0) is 76.1 Å². The summed E-state index contributed by atoms with van der Waals surface area (Å²) in [6.07, 6.45) is 6.18. The van der Waals surface area contributed by atoms with Crippen LogP contribution >= 0.6 is 0 Å². The predicted molar refractivity (Wildman–Crippen MR) is 139 cm³/mol. The standard InChI is InChI=1S/C28H37N3O6/c1-28(2,3)37-27(34)31-17-19-5-7-21(8-6-19)25(32)30-15-16-36-22-11-9-20(10-12-22)24-18-29-14-13-23(24)26(33)35-4/h9-14,18-19,21H,5-8,15-17H2,1-4H3,(H,30,32)(H,31,34). The second kappa shape index (κ2) is 13.1. The van der Waals surface area contributed by atoms with E-state index in [0.717, 1.165) is 31.2 Å². The Hall–Kier alpha value is -3.62. The highest BCUT2D eigenvalue weighted by Gasteiger charge is 2.27. The molecule has 0 saturated heterocycles. The number of aromatic nitrogens is 1. The Balaban J connectivity index is 1.36. The van der Waals surface area contributed by atoms with Gasteiger partial charge in [-0.25, -0.2) is 9.59 Å². The number of esters is 1. The summed E-state index contributed by atoms with van der Waals surface area (Å²) in [5, 5.41) is 5.80. The summed E-state index contributed by atoms with van der Waals surface area (Å²) >= 11 is 0. The maximum absolute atomic E-state index is 12.6. The van der Waals surface area contributed by atoms with Crippen LogP contribution in [0.3, 0.4) is 0 Å². The number of amides is 2. The lowest BCUT2D eigenvalue weighted by Crippen LogP contribution is -2.38. The van der Waals surface area contributed by atoms with Crippen LogP contribution in [0.25, 0.3) is 11.1 Å². The molecule has 1 saturated carbocycles. The Bertz CT molecular complexity index is 1060. The van der Waals surface area contributed by atoms with Gasteiger partial charge in [-0.1, -0.05) is 12.1 Å². The van der Waals surface area contributed by atoms with Gasteiger partial charge >= 0.3 is 12.1 Å². The molecule has 0 radical (unpaired) electrons. The summed E-state index contributed by atoms with van der Waals surface area (Å²) in [7, 11) is 1.35. The second-order valence-electron chi connectivity index (χ2n) is 10.2. The van der Waals surface area contributed by atoms with Gasteiger partial charge in [-0.2, -0.15) is 0 Å². The molecule has 1 heterocycles. The zero-order valence-electron chi connectivity index (χ0n) is 22.0. The quantitative estimate of drug-likeness (QED) is 0.380. The van der Waals surface area contributed by atoms with Crippen molar-refractivity contribution in [2.45, 2.75) is 52.1 Å². The summed E-state index contributed by atoms with van der Waals surface area (Å²) < 4.78 is 15.9. The molecule has 2 aromatic rings. The van der Waals surface area contributed by atoms with Crippen molar-refractivity contribution in [1.82, 2.24) is 15.6 Å². The van der Waals surface area contributed by atoms with Gasteiger partial charge in [0.15, 0.2) is 0 Å². The second-order valence-corrected chi connectivity index (χ2v) is 10.2. The Morgan fingerprint density at radius 2 is 1.70 bits per heavy atom. The van der Waals surface area contributed by atoms with Gasteiger partial charge in [0.1, 0.15) is 18.0 Å². The van der Waals surface area contributed by atoms with E-state index in [0.29, 0.717) is 42.5 Å². The summed E-state index contributed by atoms with van der Waals surface area (Å²) in [5.41, 5.74) is 1.44. The summed E-state index contributed by atoms with van der Waals surface area (Å²) in [6.45, 7) is 6.84. The van der Waals surface area contributed by atoms with E-state index in [9.17, 15) is 14.4 Å². The smallest absolute Gasteiger partial charge is 0.407 e. The van der Waals surface area contributed by atoms with E-state index in [1.807, 2.05) is 45.0 Å². The first-order valence-corrected chi connectivity index (χ1v) is 12.7. The number of hydrogen-bond donors (Lipinski definition) is 2. The molecule has 2 amide bonds. The van der Waals surface area contributed by atoms with Crippen LogP contribution in [0.2, 0.25) is 0 Å². The fraction of sp³-hybridized carbons (Fsp3) is 0.500. The lowest BCUT2D eigenvalue weighted by atomic mass is 9.81. The van der Waals surface area contributed by atoms with Gasteiger partial charge in [-0.15, -0.1) is 0 Å². The highest BCUT2D eigenvalue weighted by atomic mass is 16.6. The van der Waals surface area contributed by atoms with E-state index in [1.165, 1.54) is 7.11 Å². The molecule has 1 aliphatic carbocycles. The van der Waals surface area contributed by atoms with E-state index in [4.69, 9.17) is 14.2 Å². The van der Waals surface area contributed by atoms with Gasteiger partial charge < -0.3 is 24.8 Å². The fourth-order valence-electron chi connectivity index (χ4n) is 4.30. The molecule has 200 valence electrons. The largest absolute Gasteiger partial charge is 0.492 e. The molecule has 0 aliphatic heterocycles. The molecule has 1 aromatic carbocycles. The molecule has 37 heavy (non-hydrogen) atoms. The molecule has 0 unspecified atom stereocenters. The molecule has 1 aromatic heterocycles. The number of rotatable bonds is 9. The maximum Gasteiger partial charge on any atom is 0.407 e. The molecule has 2 N–H and O–H groups in total. The monoisotopic (exact) mass is 511 g/mol. The maximum atomic E-state index is 12.6. The lowest BCUT2D eigenvalue weighted by Gasteiger charge is -2.28. The zero-order chi connectivity index (χ0) is 26.8. The van der Waals surface area contributed by atoms with E-state index in [1.54, 1.807) is 18.5 Å². The van der Waals surface area contributed by atoms with Crippen LogP contribution in [0.15, 0.2) is 42.7 Å². The number of nitrogens with one attached hydrogen (secondary N) is 2. The molecule has 9 heteroatoms. The van der Waals surface area contributed by atoms with E-state index >= 15 is 0 Å². The highest BCUT2D eigenvalue weighted by Crippen LogP contribution is 2.29. The van der Waals surface area contributed by atoms with E-state index < -0.39 is 17.7 Å². The van der Waals surface area contributed by atoms with Crippen molar-refractivity contribution in [2.75, 3.05) is 26.8 Å². The number of benzene rings is 1. The molecular formula is C28H37N3O6. The van der Waals surface area contributed by atoms with Crippen LogP contribution in [0.1, 0.15) is 56.8 Å². The number of hydrogen-bond acceptors (Lipinski definition) is 7. The number of carbonyl (C=O) groups excluding carboxylic acids is 3. The van der Waals surface area contributed by atoms with Crippen LogP contribution < -0.4 is 15.4 Å². The molecule has 1 aliphatic rings. The Kier molecular flexibility index (Phi) is 9.88. The summed E-state index contributed by atoms with van der Waals surface area (Å²) in [5.74, 6) is 0.641. The topological polar surface area (TPSA) is 116 Å². The van der Waals surface area contributed by atoms with Crippen LogP contribution in [0, 0.1) is 11.8 Å². The molecule has 0 bridgehead atoms. The predicted octanol–water partition coefficient (Wildman–Crippen LogP) is 4.36. The Morgan fingerprint density at radius 3 is 2.35 bits per heavy atom. The first kappa shape index (κ1) is 28.0. The van der Waals surface area contributed by atoms with Crippen molar-refractivity contribution in [2.24, 2.45) is 11.8 Å². The number of alkyl carbamates (subject to hydrolysis) is 1. The van der Waals surface area contributed by atoms with Gasteiger partial charge in [0, 0.05) is 30.4 Å². The minimum absolute atomic E-state index is 0.0134. The zero-order valence-corrected chi connectivity index (χ0v) is 22.0.